The second-order valence-corrected chi connectivity index (χ2v) is 6.01. The molecule has 94 valence electrons. The molecule has 0 aromatic carbocycles. The molecule has 0 bridgehead atoms. The average molecular weight is 226 g/mol. The third-order valence-electron chi connectivity index (χ3n) is 4.51. The van der Waals surface area contributed by atoms with Crippen LogP contribution in [-0.4, -0.2) is 49.3 Å². The molecule has 0 radical (unpaired) electrons. The Morgan fingerprint density at radius 2 is 2.06 bits per heavy atom. The standard InChI is InChI=1S/C13H26N2O/c1-10-6-11(10)7-15(3)8-13(9-16,14-2)12-4-5-12/h10-12,14,16H,4-9H2,1-3H3. The van der Waals surface area contributed by atoms with Gasteiger partial charge in [0.25, 0.3) is 0 Å². The molecule has 0 saturated heterocycles. The number of nitrogens with one attached hydrogen (secondary N) is 1. The van der Waals surface area contributed by atoms with E-state index in [-0.39, 0.29) is 12.1 Å². The summed E-state index contributed by atoms with van der Waals surface area (Å²) in [6.45, 7) is 4.76. The fourth-order valence-electron chi connectivity index (χ4n) is 2.91. The third-order valence-corrected chi connectivity index (χ3v) is 4.51. The van der Waals surface area contributed by atoms with Crippen LogP contribution in [0, 0.1) is 17.8 Å². The Labute approximate surface area is 99.2 Å². The van der Waals surface area contributed by atoms with Crippen LogP contribution in [0.2, 0.25) is 0 Å². The molecule has 2 aliphatic rings. The summed E-state index contributed by atoms with van der Waals surface area (Å²) in [5, 5.41) is 13.0. The molecule has 2 aliphatic carbocycles. The summed E-state index contributed by atoms with van der Waals surface area (Å²) in [5.41, 5.74) is -0.0487. The lowest BCUT2D eigenvalue weighted by atomic mass is 9.93. The molecule has 0 spiro atoms. The van der Waals surface area contributed by atoms with Gasteiger partial charge in [0.2, 0.25) is 0 Å². The normalized spacial score (nSPS) is 32.8. The predicted octanol–water partition coefficient (Wildman–Crippen LogP) is 0.935. The minimum atomic E-state index is -0.0487. The highest BCUT2D eigenvalue weighted by atomic mass is 16.3. The monoisotopic (exact) mass is 226 g/mol. The van der Waals surface area contributed by atoms with E-state index >= 15 is 0 Å². The zero-order chi connectivity index (χ0) is 11.8. The van der Waals surface area contributed by atoms with E-state index in [1.807, 2.05) is 7.05 Å². The van der Waals surface area contributed by atoms with Gasteiger partial charge in [0, 0.05) is 13.1 Å². The number of likely N-dealkylation sites (N-methyl/N-ethyl adjacent to an activating group) is 2. The number of aliphatic hydroxyl groups excluding tert-OH is 1. The summed E-state index contributed by atoms with van der Waals surface area (Å²) in [7, 11) is 4.18. The van der Waals surface area contributed by atoms with E-state index in [9.17, 15) is 5.11 Å². The van der Waals surface area contributed by atoms with E-state index in [0.717, 1.165) is 18.4 Å². The molecule has 3 unspecified atom stereocenters. The summed E-state index contributed by atoms with van der Waals surface area (Å²) < 4.78 is 0. The van der Waals surface area contributed by atoms with E-state index in [0.29, 0.717) is 5.92 Å². The molecular formula is C13H26N2O. The summed E-state index contributed by atoms with van der Waals surface area (Å²) in [4.78, 5) is 2.40. The SMILES string of the molecule is CNC(CO)(CN(C)CC1CC1C)C1CC1. The van der Waals surface area contributed by atoms with Crippen LogP contribution in [0.15, 0.2) is 0 Å². The highest BCUT2D eigenvalue weighted by molar-refractivity contribution is 5.02. The maximum Gasteiger partial charge on any atom is 0.0628 e. The Morgan fingerprint density at radius 1 is 1.44 bits per heavy atom. The first-order chi connectivity index (χ1) is 7.61. The maximum atomic E-state index is 9.65. The molecule has 0 aliphatic heterocycles. The topological polar surface area (TPSA) is 35.5 Å². The van der Waals surface area contributed by atoms with E-state index < -0.39 is 0 Å². The van der Waals surface area contributed by atoms with Crippen LogP contribution < -0.4 is 5.32 Å². The van der Waals surface area contributed by atoms with Crippen molar-refractivity contribution in [2.24, 2.45) is 17.8 Å². The molecule has 0 amide bonds. The van der Waals surface area contributed by atoms with Gasteiger partial charge in [-0.15, -0.1) is 0 Å². The summed E-state index contributed by atoms with van der Waals surface area (Å²) in [5.74, 6) is 2.50. The number of hydrogen-bond donors (Lipinski definition) is 2. The lowest BCUT2D eigenvalue weighted by Gasteiger charge is -2.36. The highest BCUT2D eigenvalue weighted by Gasteiger charge is 2.45. The predicted molar refractivity (Wildman–Crippen MR) is 66.4 cm³/mol. The van der Waals surface area contributed by atoms with E-state index in [2.05, 4.69) is 24.2 Å². The molecule has 0 heterocycles. The number of aliphatic hydroxyl groups is 1. The van der Waals surface area contributed by atoms with Crippen LogP contribution in [0.5, 0.6) is 0 Å². The Morgan fingerprint density at radius 3 is 2.44 bits per heavy atom. The molecule has 2 rings (SSSR count). The van der Waals surface area contributed by atoms with Gasteiger partial charge in [-0.2, -0.15) is 0 Å². The van der Waals surface area contributed by atoms with Crippen LogP contribution in [0.1, 0.15) is 26.2 Å². The molecule has 3 nitrogen and oxygen atoms in total. The molecule has 3 atom stereocenters. The summed E-state index contributed by atoms with van der Waals surface area (Å²) >= 11 is 0. The van der Waals surface area contributed by atoms with Crippen LogP contribution in [0.25, 0.3) is 0 Å². The minimum Gasteiger partial charge on any atom is -0.394 e. The van der Waals surface area contributed by atoms with Gasteiger partial charge in [0.05, 0.1) is 12.1 Å². The second-order valence-electron chi connectivity index (χ2n) is 6.01. The zero-order valence-corrected chi connectivity index (χ0v) is 10.9. The van der Waals surface area contributed by atoms with Crippen LogP contribution in [0.3, 0.4) is 0 Å². The summed E-state index contributed by atoms with van der Waals surface area (Å²) in [6.07, 6.45) is 3.93. The van der Waals surface area contributed by atoms with E-state index in [1.54, 1.807) is 0 Å². The molecule has 2 fully saturated rings. The Bertz CT molecular complexity index is 236. The van der Waals surface area contributed by atoms with Gasteiger partial charge in [0.15, 0.2) is 0 Å². The van der Waals surface area contributed by atoms with Crippen molar-refractivity contribution >= 4 is 0 Å². The van der Waals surface area contributed by atoms with Crippen molar-refractivity contribution in [3.8, 4) is 0 Å². The number of hydrogen-bond acceptors (Lipinski definition) is 3. The van der Waals surface area contributed by atoms with Gasteiger partial charge in [-0.3, -0.25) is 0 Å². The fourth-order valence-corrected chi connectivity index (χ4v) is 2.91. The number of nitrogens with zero attached hydrogens (tertiary/aromatic N) is 1. The highest BCUT2D eigenvalue weighted by Crippen LogP contribution is 2.41. The van der Waals surface area contributed by atoms with Gasteiger partial charge >= 0.3 is 0 Å². The van der Waals surface area contributed by atoms with Crippen molar-refractivity contribution in [2.75, 3.05) is 33.8 Å². The van der Waals surface area contributed by atoms with E-state index in [1.165, 1.54) is 25.8 Å². The first kappa shape index (κ1) is 12.3. The van der Waals surface area contributed by atoms with Crippen molar-refractivity contribution in [3.05, 3.63) is 0 Å². The van der Waals surface area contributed by atoms with Crippen molar-refractivity contribution in [2.45, 2.75) is 31.7 Å². The molecule has 16 heavy (non-hydrogen) atoms. The largest absolute Gasteiger partial charge is 0.394 e. The Balaban J connectivity index is 1.84. The van der Waals surface area contributed by atoms with Gasteiger partial charge < -0.3 is 15.3 Å². The second kappa shape index (κ2) is 4.63. The molecule has 3 heteroatoms. The van der Waals surface area contributed by atoms with Crippen molar-refractivity contribution in [1.29, 1.82) is 0 Å². The maximum absolute atomic E-state index is 9.65. The van der Waals surface area contributed by atoms with E-state index in [4.69, 9.17) is 0 Å². The van der Waals surface area contributed by atoms with Crippen molar-refractivity contribution in [1.82, 2.24) is 10.2 Å². The minimum absolute atomic E-state index is 0.0487. The average Bonchev–Trinajstić information content (AvgIpc) is 3.14. The van der Waals surface area contributed by atoms with Crippen LogP contribution in [-0.2, 0) is 0 Å². The molecule has 0 aromatic heterocycles. The Hall–Kier alpha value is -0.120. The fraction of sp³-hybridized carbons (Fsp3) is 1.00. The van der Waals surface area contributed by atoms with Crippen molar-refractivity contribution < 1.29 is 5.11 Å². The quantitative estimate of drug-likeness (QED) is 0.678. The van der Waals surface area contributed by atoms with Gasteiger partial charge in [0.1, 0.15) is 0 Å². The number of rotatable bonds is 7. The van der Waals surface area contributed by atoms with Crippen LogP contribution in [0.4, 0.5) is 0 Å². The zero-order valence-electron chi connectivity index (χ0n) is 10.9. The summed E-state index contributed by atoms with van der Waals surface area (Å²) in [6, 6.07) is 0. The lowest BCUT2D eigenvalue weighted by Crippen LogP contribution is -2.56. The smallest absolute Gasteiger partial charge is 0.0628 e. The first-order valence-corrected chi connectivity index (χ1v) is 6.59. The molecule has 2 N–H and O–H groups in total. The lowest BCUT2D eigenvalue weighted by molar-refractivity contribution is 0.105. The van der Waals surface area contributed by atoms with Gasteiger partial charge in [-0.05, 0) is 51.1 Å². The van der Waals surface area contributed by atoms with Gasteiger partial charge in [-0.25, -0.2) is 0 Å². The van der Waals surface area contributed by atoms with Crippen LogP contribution >= 0.6 is 0 Å². The van der Waals surface area contributed by atoms with Crippen molar-refractivity contribution in [3.63, 3.8) is 0 Å². The first-order valence-electron chi connectivity index (χ1n) is 6.59. The molecule has 2 saturated carbocycles. The van der Waals surface area contributed by atoms with Gasteiger partial charge in [-0.1, -0.05) is 6.92 Å². The Kier molecular flexibility index (Phi) is 3.57. The molecule has 0 aromatic rings. The molecular weight excluding hydrogens is 200 g/mol. The third kappa shape index (κ3) is 2.58.